The van der Waals surface area contributed by atoms with Crippen molar-refractivity contribution in [3.05, 3.63) is 53.6 Å². The highest BCUT2D eigenvalue weighted by atomic mass is 16.5. The van der Waals surface area contributed by atoms with Crippen LogP contribution in [0, 0.1) is 17.8 Å². The highest BCUT2D eigenvalue weighted by Gasteiger charge is 2.21. The number of hydrogen-bond acceptors (Lipinski definition) is 3. The topological polar surface area (TPSA) is 35.0 Å². The highest BCUT2D eigenvalue weighted by Crippen LogP contribution is 2.37. The zero-order valence-corrected chi connectivity index (χ0v) is 18.7. The molecule has 1 aliphatic carbocycles. The predicted molar refractivity (Wildman–Crippen MR) is 124 cm³/mol. The zero-order valence-electron chi connectivity index (χ0n) is 18.7. The van der Waals surface area contributed by atoms with Crippen LogP contribution in [-0.2, 0) is 0 Å². The molecule has 0 aliphatic heterocycles. The van der Waals surface area contributed by atoms with Gasteiger partial charge in [-0.25, -0.2) is 9.97 Å². The van der Waals surface area contributed by atoms with E-state index in [1.165, 1.54) is 63.4 Å². The Hall–Kier alpha value is -2.34. The second kappa shape index (κ2) is 12.4. The Kier molecular flexibility index (Phi) is 9.22. The van der Waals surface area contributed by atoms with Gasteiger partial charge >= 0.3 is 0 Å². The molecular weight excluding hydrogens is 368 g/mol. The molecule has 1 aromatic carbocycles. The molecule has 1 heterocycles. The van der Waals surface area contributed by atoms with E-state index in [0.29, 0.717) is 11.6 Å². The maximum absolute atomic E-state index is 5.65. The lowest BCUT2D eigenvalue weighted by molar-refractivity contribution is 0.304. The van der Waals surface area contributed by atoms with Crippen LogP contribution >= 0.6 is 0 Å². The summed E-state index contributed by atoms with van der Waals surface area (Å²) >= 11 is 0. The van der Waals surface area contributed by atoms with E-state index in [0.717, 1.165) is 30.4 Å². The van der Waals surface area contributed by atoms with Gasteiger partial charge in [-0.1, -0.05) is 64.0 Å². The first kappa shape index (κ1) is 22.3. The van der Waals surface area contributed by atoms with Gasteiger partial charge in [-0.05, 0) is 67.6 Å². The summed E-state index contributed by atoms with van der Waals surface area (Å²) in [6.45, 7) is 5.19. The minimum Gasteiger partial charge on any atom is -0.490 e. The summed E-state index contributed by atoms with van der Waals surface area (Å²) in [6.07, 6.45) is 16.4. The molecule has 2 aromatic rings. The van der Waals surface area contributed by atoms with Gasteiger partial charge in [0.25, 0.3) is 0 Å². The molecule has 0 unspecified atom stereocenters. The Morgan fingerprint density at radius 1 is 0.867 bits per heavy atom. The van der Waals surface area contributed by atoms with Gasteiger partial charge < -0.3 is 4.74 Å². The normalized spacial score (nSPS) is 18.5. The van der Waals surface area contributed by atoms with Gasteiger partial charge in [-0.2, -0.15) is 0 Å². The third-order valence-electron chi connectivity index (χ3n) is 6.16. The van der Waals surface area contributed by atoms with Gasteiger partial charge in [0.15, 0.2) is 5.75 Å². The van der Waals surface area contributed by atoms with Gasteiger partial charge in [0.1, 0.15) is 0 Å². The number of rotatable bonds is 9. The van der Waals surface area contributed by atoms with E-state index in [9.17, 15) is 0 Å². The van der Waals surface area contributed by atoms with Gasteiger partial charge in [-0.3, -0.25) is 0 Å². The molecule has 160 valence electrons. The molecule has 0 spiro atoms. The number of nitrogens with zero attached hydrogens (tertiary/aromatic N) is 2. The van der Waals surface area contributed by atoms with Crippen LogP contribution in [0.15, 0.2) is 36.7 Å². The Morgan fingerprint density at radius 2 is 1.57 bits per heavy atom. The van der Waals surface area contributed by atoms with Crippen molar-refractivity contribution in [3.63, 3.8) is 0 Å². The summed E-state index contributed by atoms with van der Waals surface area (Å²) in [5, 5.41) is 0. The number of ether oxygens (including phenoxy) is 1. The third kappa shape index (κ3) is 7.17. The summed E-state index contributed by atoms with van der Waals surface area (Å²) in [4.78, 5) is 8.60. The van der Waals surface area contributed by atoms with Crippen LogP contribution < -0.4 is 4.74 Å². The second-order valence-corrected chi connectivity index (χ2v) is 8.53. The molecule has 0 atom stereocenters. The van der Waals surface area contributed by atoms with Crippen LogP contribution in [0.5, 0.6) is 5.75 Å². The molecule has 0 radical (unpaired) electrons. The fourth-order valence-corrected chi connectivity index (χ4v) is 4.24. The van der Waals surface area contributed by atoms with Crippen LogP contribution in [0.2, 0.25) is 0 Å². The van der Waals surface area contributed by atoms with Crippen molar-refractivity contribution in [2.45, 2.75) is 84.0 Å². The monoisotopic (exact) mass is 404 g/mol. The van der Waals surface area contributed by atoms with Crippen molar-refractivity contribution in [1.82, 2.24) is 9.97 Å². The van der Waals surface area contributed by atoms with Crippen LogP contribution in [0.25, 0.3) is 0 Å². The lowest BCUT2D eigenvalue weighted by Gasteiger charge is -2.28. The minimum atomic E-state index is 0.533. The van der Waals surface area contributed by atoms with Crippen LogP contribution in [-0.4, -0.2) is 16.6 Å². The first-order chi connectivity index (χ1) is 14.8. The van der Waals surface area contributed by atoms with Gasteiger partial charge in [0.05, 0.1) is 19.0 Å². The number of aromatic nitrogens is 2. The molecule has 0 N–H and O–H groups in total. The Morgan fingerprint density at radius 3 is 2.23 bits per heavy atom. The predicted octanol–water partition coefficient (Wildman–Crippen LogP) is 6.91. The average molecular weight is 405 g/mol. The Bertz CT molecular complexity index is 793. The molecule has 0 amide bonds. The minimum absolute atomic E-state index is 0.533. The molecule has 30 heavy (non-hydrogen) atoms. The van der Waals surface area contributed by atoms with Gasteiger partial charge in [0, 0.05) is 5.56 Å². The SMILES string of the molecule is CCCCCOc1cnc(C#Cc2ccc(C3CCC(CCCC)CC3)cc2)nc1. The van der Waals surface area contributed by atoms with E-state index in [1.54, 1.807) is 12.4 Å². The quantitative estimate of drug-likeness (QED) is 0.336. The highest BCUT2D eigenvalue weighted by molar-refractivity contribution is 5.40. The second-order valence-electron chi connectivity index (χ2n) is 8.53. The van der Waals surface area contributed by atoms with Crippen molar-refractivity contribution >= 4 is 0 Å². The van der Waals surface area contributed by atoms with Gasteiger partial charge in [-0.15, -0.1) is 0 Å². The van der Waals surface area contributed by atoms with Crippen molar-refractivity contribution in [3.8, 4) is 17.6 Å². The number of benzene rings is 1. The largest absolute Gasteiger partial charge is 0.490 e. The van der Waals surface area contributed by atoms with E-state index in [2.05, 4.69) is 59.9 Å². The fourth-order valence-electron chi connectivity index (χ4n) is 4.24. The first-order valence-electron chi connectivity index (χ1n) is 11.8. The van der Waals surface area contributed by atoms with Crippen LogP contribution in [0.3, 0.4) is 0 Å². The molecule has 3 rings (SSSR count). The number of hydrogen-bond donors (Lipinski definition) is 0. The summed E-state index contributed by atoms with van der Waals surface area (Å²) in [5.74, 6) is 9.17. The molecule has 0 bridgehead atoms. The lowest BCUT2D eigenvalue weighted by atomic mass is 9.77. The van der Waals surface area contributed by atoms with E-state index in [4.69, 9.17) is 4.74 Å². The maximum atomic E-state index is 5.65. The summed E-state index contributed by atoms with van der Waals surface area (Å²) < 4.78 is 5.65. The molecule has 1 fully saturated rings. The Balaban J connectivity index is 1.49. The standard InChI is InChI=1S/C27H36N2O/c1-3-5-7-19-30-26-20-28-27(29-21-26)18-13-23-11-16-25(17-12-23)24-14-9-22(10-15-24)8-6-4-2/h11-12,16-17,20-22,24H,3-10,14-15,19H2,1-2H3. The van der Waals surface area contributed by atoms with Crippen molar-refractivity contribution in [1.29, 1.82) is 0 Å². The van der Waals surface area contributed by atoms with Crippen LogP contribution in [0.4, 0.5) is 0 Å². The number of unbranched alkanes of at least 4 members (excludes halogenated alkanes) is 3. The summed E-state index contributed by atoms with van der Waals surface area (Å²) in [7, 11) is 0. The molecule has 0 saturated heterocycles. The molecule has 1 saturated carbocycles. The van der Waals surface area contributed by atoms with Crippen molar-refractivity contribution < 1.29 is 4.74 Å². The third-order valence-corrected chi connectivity index (χ3v) is 6.16. The molecule has 3 nitrogen and oxygen atoms in total. The van der Waals surface area contributed by atoms with E-state index in [1.807, 2.05) is 0 Å². The van der Waals surface area contributed by atoms with Crippen molar-refractivity contribution in [2.24, 2.45) is 5.92 Å². The smallest absolute Gasteiger partial charge is 0.205 e. The molecule has 1 aromatic heterocycles. The average Bonchev–Trinajstić information content (AvgIpc) is 2.81. The first-order valence-corrected chi connectivity index (χ1v) is 11.8. The van der Waals surface area contributed by atoms with E-state index in [-0.39, 0.29) is 0 Å². The maximum Gasteiger partial charge on any atom is 0.205 e. The van der Waals surface area contributed by atoms with Crippen molar-refractivity contribution in [2.75, 3.05) is 6.61 Å². The van der Waals surface area contributed by atoms with E-state index >= 15 is 0 Å². The van der Waals surface area contributed by atoms with E-state index < -0.39 is 0 Å². The lowest BCUT2D eigenvalue weighted by Crippen LogP contribution is -2.13. The summed E-state index contributed by atoms with van der Waals surface area (Å²) in [6, 6.07) is 8.79. The Labute approximate surface area is 182 Å². The molecule has 1 aliphatic rings. The fraction of sp³-hybridized carbons (Fsp3) is 0.556. The summed E-state index contributed by atoms with van der Waals surface area (Å²) in [5.41, 5.74) is 2.48. The van der Waals surface area contributed by atoms with Gasteiger partial charge in [0.2, 0.25) is 5.82 Å². The molecule has 3 heteroatoms. The zero-order chi connectivity index (χ0) is 21.0. The molecular formula is C27H36N2O. The van der Waals surface area contributed by atoms with Crippen LogP contribution in [0.1, 0.15) is 101 Å².